The van der Waals surface area contributed by atoms with Crippen LogP contribution in [0.1, 0.15) is 62.0 Å². The van der Waals surface area contributed by atoms with Crippen LogP contribution in [0.3, 0.4) is 0 Å². The van der Waals surface area contributed by atoms with Crippen molar-refractivity contribution >= 4 is 11.8 Å². The molecule has 1 aromatic carbocycles. The minimum absolute atomic E-state index is 0.0883. The molecule has 1 fully saturated rings. The summed E-state index contributed by atoms with van der Waals surface area (Å²) in [5, 5.41) is 7.02. The minimum Gasteiger partial charge on any atom is -0.496 e. The molecule has 1 aromatic heterocycles. The predicted octanol–water partition coefficient (Wildman–Crippen LogP) is 4.80. The number of hydrogen-bond donors (Lipinski definition) is 1. The molecule has 146 valence electrons. The fraction of sp³-hybridized carbons (Fsp3) is 0.524. The average Bonchev–Trinajstić information content (AvgIpc) is 3.17. The normalized spacial score (nSPS) is 15.4. The maximum Gasteiger partial charge on any atom is 0.265 e. The molecule has 0 atom stereocenters. The Kier molecular flexibility index (Phi) is 5.73. The summed E-state index contributed by atoms with van der Waals surface area (Å²) in [4.78, 5) is 12.8. The molecule has 27 heavy (non-hydrogen) atoms. The van der Waals surface area contributed by atoms with Gasteiger partial charge in [-0.2, -0.15) is 0 Å². The van der Waals surface area contributed by atoms with Gasteiger partial charge in [-0.05, 0) is 30.9 Å². The topological polar surface area (TPSA) is 73.6 Å². The van der Waals surface area contributed by atoms with Crippen molar-refractivity contribution in [3.8, 4) is 11.5 Å². The first kappa shape index (κ1) is 19.3. The van der Waals surface area contributed by atoms with Crippen LogP contribution in [0.5, 0.6) is 11.5 Å². The summed E-state index contributed by atoms with van der Waals surface area (Å²) in [6, 6.07) is 7.03. The number of benzene rings is 1. The SMILES string of the molecule is COc1cccc(OC)c1C(=O)Nc1cc(C(C)(C)C2CCCCC2)no1. The number of amides is 1. The first-order chi connectivity index (χ1) is 13.0. The average molecular weight is 372 g/mol. The van der Waals surface area contributed by atoms with Crippen molar-refractivity contribution in [1.29, 1.82) is 0 Å². The summed E-state index contributed by atoms with van der Waals surface area (Å²) >= 11 is 0. The van der Waals surface area contributed by atoms with E-state index in [1.807, 2.05) is 6.07 Å². The number of ether oxygens (including phenoxy) is 2. The molecule has 1 amide bonds. The van der Waals surface area contributed by atoms with Crippen molar-refractivity contribution in [3.05, 3.63) is 35.5 Å². The number of anilines is 1. The van der Waals surface area contributed by atoms with E-state index in [1.165, 1.54) is 46.3 Å². The predicted molar refractivity (Wildman–Crippen MR) is 104 cm³/mol. The van der Waals surface area contributed by atoms with Gasteiger partial charge in [-0.1, -0.05) is 44.3 Å². The second-order valence-electron chi connectivity index (χ2n) is 7.62. The standard InChI is InChI=1S/C21H28N2O4/c1-21(2,14-9-6-5-7-10-14)17-13-18(27-23-17)22-20(24)19-15(25-3)11-8-12-16(19)26-4/h8,11-14H,5-7,9-10H2,1-4H3,(H,22,24). The molecule has 2 aromatic rings. The van der Waals surface area contributed by atoms with Crippen LogP contribution in [0.4, 0.5) is 5.88 Å². The molecular formula is C21H28N2O4. The second-order valence-corrected chi connectivity index (χ2v) is 7.62. The first-order valence-electron chi connectivity index (χ1n) is 9.47. The minimum atomic E-state index is -0.359. The molecule has 1 heterocycles. The van der Waals surface area contributed by atoms with Crippen LogP contribution in [0.25, 0.3) is 0 Å². The number of aromatic nitrogens is 1. The van der Waals surface area contributed by atoms with Gasteiger partial charge in [0.2, 0.25) is 5.88 Å². The summed E-state index contributed by atoms with van der Waals surface area (Å²) in [5.41, 5.74) is 1.11. The maximum absolute atomic E-state index is 12.8. The smallest absolute Gasteiger partial charge is 0.265 e. The number of nitrogens with zero attached hydrogens (tertiary/aromatic N) is 1. The highest BCUT2D eigenvalue weighted by molar-refractivity contribution is 6.07. The van der Waals surface area contributed by atoms with Gasteiger partial charge < -0.3 is 14.0 Å². The molecule has 1 aliphatic carbocycles. The zero-order chi connectivity index (χ0) is 19.4. The van der Waals surface area contributed by atoms with Crippen LogP contribution in [0.2, 0.25) is 0 Å². The van der Waals surface area contributed by atoms with Gasteiger partial charge in [0, 0.05) is 11.5 Å². The van der Waals surface area contributed by atoms with Crippen molar-refractivity contribution in [3.63, 3.8) is 0 Å². The van der Waals surface area contributed by atoms with Crippen LogP contribution in [-0.4, -0.2) is 25.3 Å². The largest absolute Gasteiger partial charge is 0.496 e. The Labute approximate surface area is 160 Å². The lowest BCUT2D eigenvalue weighted by Gasteiger charge is -2.35. The first-order valence-corrected chi connectivity index (χ1v) is 9.47. The molecule has 1 aliphatic rings. The van der Waals surface area contributed by atoms with Crippen molar-refractivity contribution in [2.24, 2.45) is 5.92 Å². The Bertz CT molecular complexity index is 769. The van der Waals surface area contributed by atoms with E-state index in [1.54, 1.807) is 18.2 Å². The number of carbonyl (C=O) groups excluding carboxylic acids is 1. The second kappa shape index (κ2) is 8.03. The van der Waals surface area contributed by atoms with E-state index in [0.717, 1.165) is 5.69 Å². The van der Waals surface area contributed by atoms with E-state index >= 15 is 0 Å². The molecule has 1 saturated carbocycles. The van der Waals surface area contributed by atoms with E-state index in [4.69, 9.17) is 14.0 Å². The quantitative estimate of drug-likeness (QED) is 0.788. The van der Waals surface area contributed by atoms with E-state index in [0.29, 0.717) is 28.9 Å². The van der Waals surface area contributed by atoms with Gasteiger partial charge in [0.05, 0.1) is 19.9 Å². The van der Waals surface area contributed by atoms with E-state index in [9.17, 15) is 4.79 Å². The lowest BCUT2D eigenvalue weighted by Crippen LogP contribution is -2.30. The molecule has 0 radical (unpaired) electrons. The molecule has 0 spiro atoms. The Morgan fingerprint density at radius 2 is 1.78 bits per heavy atom. The van der Waals surface area contributed by atoms with Crippen molar-refractivity contribution in [2.45, 2.75) is 51.4 Å². The number of rotatable bonds is 6. The summed E-state index contributed by atoms with van der Waals surface area (Å²) in [7, 11) is 3.04. The Morgan fingerprint density at radius 3 is 2.37 bits per heavy atom. The Morgan fingerprint density at radius 1 is 1.15 bits per heavy atom. The van der Waals surface area contributed by atoms with Crippen molar-refractivity contribution in [2.75, 3.05) is 19.5 Å². The molecule has 6 heteroatoms. The number of carbonyl (C=O) groups is 1. The van der Waals surface area contributed by atoms with Gasteiger partial charge >= 0.3 is 0 Å². The molecule has 0 bridgehead atoms. The highest BCUT2D eigenvalue weighted by Crippen LogP contribution is 2.41. The van der Waals surface area contributed by atoms with E-state index in [-0.39, 0.29) is 11.3 Å². The number of nitrogens with one attached hydrogen (secondary N) is 1. The van der Waals surface area contributed by atoms with Gasteiger partial charge in [0.25, 0.3) is 5.91 Å². The summed E-state index contributed by atoms with van der Waals surface area (Å²) in [6.07, 6.45) is 6.26. The summed E-state index contributed by atoms with van der Waals surface area (Å²) < 4.78 is 16.0. The van der Waals surface area contributed by atoms with Gasteiger partial charge in [-0.3, -0.25) is 10.1 Å². The third-order valence-corrected chi connectivity index (χ3v) is 5.69. The number of methoxy groups -OCH3 is 2. The van der Waals surface area contributed by atoms with E-state index in [2.05, 4.69) is 24.3 Å². The summed E-state index contributed by atoms with van der Waals surface area (Å²) in [6.45, 7) is 4.41. The third kappa shape index (κ3) is 3.94. The number of hydrogen-bond acceptors (Lipinski definition) is 5. The molecule has 3 rings (SSSR count). The van der Waals surface area contributed by atoms with Gasteiger partial charge in [0.1, 0.15) is 17.1 Å². The lowest BCUT2D eigenvalue weighted by molar-refractivity contribution is 0.101. The monoisotopic (exact) mass is 372 g/mol. The zero-order valence-electron chi connectivity index (χ0n) is 16.5. The lowest BCUT2D eigenvalue weighted by atomic mass is 9.69. The van der Waals surface area contributed by atoms with Crippen LogP contribution in [0, 0.1) is 5.92 Å². The van der Waals surface area contributed by atoms with Gasteiger partial charge in [0.15, 0.2) is 0 Å². The van der Waals surface area contributed by atoms with Crippen molar-refractivity contribution < 1.29 is 18.8 Å². The fourth-order valence-corrected chi connectivity index (χ4v) is 3.92. The Balaban J connectivity index is 1.79. The van der Waals surface area contributed by atoms with Crippen molar-refractivity contribution in [1.82, 2.24) is 5.16 Å². The molecule has 1 N–H and O–H groups in total. The Hall–Kier alpha value is -2.50. The molecule has 0 saturated heterocycles. The molecular weight excluding hydrogens is 344 g/mol. The fourth-order valence-electron chi connectivity index (χ4n) is 3.92. The van der Waals surface area contributed by atoms with Crippen LogP contribution in [-0.2, 0) is 5.41 Å². The maximum atomic E-state index is 12.8. The zero-order valence-corrected chi connectivity index (χ0v) is 16.5. The summed E-state index contributed by atoms with van der Waals surface area (Å²) in [5.74, 6) is 1.42. The molecule has 0 aliphatic heterocycles. The van der Waals surface area contributed by atoms with E-state index < -0.39 is 0 Å². The van der Waals surface area contributed by atoms with Crippen LogP contribution in [0.15, 0.2) is 28.8 Å². The highest BCUT2D eigenvalue weighted by atomic mass is 16.5. The highest BCUT2D eigenvalue weighted by Gasteiger charge is 2.35. The van der Waals surface area contributed by atoms with Gasteiger partial charge in [-0.25, -0.2) is 0 Å². The molecule has 0 unspecified atom stereocenters. The van der Waals surface area contributed by atoms with Crippen LogP contribution < -0.4 is 14.8 Å². The van der Waals surface area contributed by atoms with Crippen LogP contribution >= 0.6 is 0 Å². The van der Waals surface area contributed by atoms with Gasteiger partial charge in [-0.15, -0.1) is 0 Å². The molecule has 6 nitrogen and oxygen atoms in total. The third-order valence-electron chi connectivity index (χ3n) is 5.69.